The number of anilines is 1. The number of carbonyl (C=O) groups is 3. The Morgan fingerprint density at radius 2 is 1.96 bits per heavy atom. The predicted molar refractivity (Wildman–Crippen MR) is 82.6 cm³/mol. The smallest absolute Gasteiger partial charge is 0.411 e. The maximum Gasteiger partial charge on any atom is 0.411 e. The number of halogens is 1. The summed E-state index contributed by atoms with van der Waals surface area (Å²) in [6, 6.07) is 6.52. The van der Waals surface area contributed by atoms with E-state index in [2.05, 4.69) is 5.32 Å². The van der Waals surface area contributed by atoms with Crippen LogP contribution in [0.4, 0.5) is 10.5 Å². The average Bonchev–Trinajstić information content (AvgIpc) is 3.18. The number of carboxylic acids is 2. The minimum atomic E-state index is -1.71. The number of para-hydroxylation sites is 1. The Bertz CT molecular complexity index is 726. The highest BCUT2D eigenvalue weighted by atomic mass is 35.5. The number of benzene rings is 1. The van der Waals surface area contributed by atoms with Crippen LogP contribution in [0.1, 0.15) is 6.42 Å². The first-order valence-corrected chi connectivity index (χ1v) is 7.60. The molecule has 1 aromatic carbocycles. The van der Waals surface area contributed by atoms with Gasteiger partial charge in [-0.2, -0.15) is 0 Å². The molecule has 0 spiro atoms. The van der Waals surface area contributed by atoms with Crippen LogP contribution in [-0.2, 0) is 14.3 Å². The van der Waals surface area contributed by atoms with Crippen LogP contribution < -0.4 is 11.1 Å². The first-order chi connectivity index (χ1) is 11.3. The molecule has 0 heterocycles. The van der Waals surface area contributed by atoms with Gasteiger partial charge in [-0.3, -0.25) is 14.9 Å². The van der Waals surface area contributed by atoms with E-state index < -0.39 is 47.4 Å². The van der Waals surface area contributed by atoms with Gasteiger partial charge in [0, 0.05) is 18.3 Å². The zero-order valence-electron chi connectivity index (χ0n) is 12.3. The van der Waals surface area contributed by atoms with Crippen LogP contribution in [0.25, 0.3) is 0 Å². The molecule has 2 fully saturated rings. The Morgan fingerprint density at radius 1 is 1.29 bits per heavy atom. The average molecular weight is 355 g/mol. The second-order valence-corrected chi connectivity index (χ2v) is 6.47. The van der Waals surface area contributed by atoms with E-state index in [1.54, 1.807) is 24.3 Å². The van der Waals surface area contributed by atoms with Crippen molar-refractivity contribution in [1.29, 1.82) is 0 Å². The molecule has 128 valence electrons. The first kappa shape index (κ1) is 16.5. The molecule has 1 amide bonds. The molecule has 0 aliphatic heterocycles. The number of aliphatic carboxylic acids is 2. The molecule has 5 N–H and O–H groups in total. The first-order valence-electron chi connectivity index (χ1n) is 7.23. The van der Waals surface area contributed by atoms with Gasteiger partial charge in [0.1, 0.15) is 11.6 Å². The molecular formula is C15H15ClN2O6. The standard InChI is InChI=1S/C15H15ClN2O6/c16-6-3-1-2-4-7(6)18-14(23)24-8-5-15(17,13(21)22)11-9(8)10(11)12(19)20/h1-4,8-11H,5,17H2,(H,18,23)(H,19,20)(H,21,22)/t8-,9-,10-,11?,15-/m0/s1. The molecule has 8 nitrogen and oxygen atoms in total. The van der Waals surface area contributed by atoms with Crippen molar-refractivity contribution in [1.82, 2.24) is 0 Å². The summed E-state index contributed by atoms with van der Waals surface area (Å²) < 4.78 is 5.23. The van der Waals surface area contributed by atoms with Crippen molar-refractivity contribution < 1.29 is 29.3 Å². The summed E-state index contributed by atoms with van der Waals surface area (Å²) in [5.41, 5.74) is 4.49. The number of hydrogen-bond acceptors (Lipinski definition) is 5. The van der Waals surface area contributed by atoms with Crippen molar-refractivity contribution in [2.24, 2.45) is 23.5 Å². The largest absolute Gasteiger partial charge is 0.481 e. The summed E-state index contributed by atoms with van der Waals surface area (Å²) in [4.78, 5) is 34.6. The molecule has 1 unspecified atom stereocenters. The summed E-state index contributed by atoms with van der Waals surface area (Å²) in [5, 5.41) is 21.2. The van der Waals surface area contributed by atoms with Crippen LogP contribution in [0.3, 0.4) is 0 Å². The second-order valence-electron chi connectivity index (χ2n) is 6.07. The Kier molecular flexibility index (Phi) is 3.89. The molecule has 1 aromatic rings. The summed E-state index contributed by atoms with van der Waals surface area (Å²) in [6.45, 7) is 0. The highest BCUT2D eigenvalue weighted by Gasteiger charge is 2.75. The minimum absolute atomic E-state index is 0.128. The highest BCUT2D eigenvalue weighted by molar-refractivity contribution is 6.33. The van der Waals surface area contributed by atoms with Crippen LogP contribution >= 0.6 is 11.6 Å². The van der Waals surface area contributed by atoms with Crippen molar-refractivity contribution in [3.05, 3.63) is 29.3 Å². The molecule has 2 saturated carbocycles. The Labute approximate surface area is 141 Å². The zero-order chi connectivity index (χ0) is 17.6. The summed E-state index contributed by atoms with van der Waals surface area (Å²) in [6.07, 6.45) is -1.84. The van der Waals surface area contributed by atoms with Crippen LogP contribution in [-0.4, -0.2) is 39.9 Å². The van der Waals surface area contributed by atoms with Crippen molar-refractivity contribution in [3.8, 4) is 0 Å². The van der Waals surface area contributed by atoms with Crippen LogP contribution in [0, 0.1) is 17.8 Å². The van der Waals surface area contributed by atoms with E-state index in [-0.39, 0.29) is 6.42 Å². The zero-order valence-corrected chi connectivity index (χ0v) is 13.1. The number of amides is 1. The molecule has 2 aliphatic rings. The van der Waals surface area contributed by atoms with E-state index in [0.717, 1.165) is 0 Å². The van der Waals surface area contributed by atoms with Crippen LogP contribution in [0.2, 0.25) is 5.02 Å². The number of ether oxygens (including phenoxy) is 1. The van der Waals surface area contributed by atoms with E-state index in [4.69, 9.17) is 22.1 Å². The van der Waals surface area contributed by atoms with Gasteiger partial charge in [-0.05, 0) is 12.1 Å². The van der Waals surface area contributed by atoms with Crippen molar-refractivity contribution in [2.75, 3.05) is 5.32 Å². The van der Waals surface area contributed by atoms with Gasteiger partial charge < -0.3 is 20.7 Å². The van der Waals surface area contributed by atoms with E-state index in [1.165, 1.54) is 0 Å². The van der Waals surface area contributed by atoms with Gasteiger partial charge in [0.05, 0.1) is 16.6 Å². The number of carbonyl (C=O) groups excluding carboxylic acids is 1. The van der Waals surface area contributed by atoms with E-state index in [1.807, 2.05) is 0 Å². The SMILES string of the molecule is N[C@@]1(C(=O)O)C[C@H](OC(=O)Nc2ccccc2Cl)[C@@H]2C1[C@H]2C(=O)O. The molecule has 0 saturated heterocycles. The third-order valence-electron chi connectivity index (χ3n) is 4.69. The van der Waals surface area contributed by atoms with Crippen molar-refractivity contribution in [3.63, 3.8) is 0 Å². The predicted octanol–water partition coefficient (Wildman–Crippen LogP) is 1.39. The van der Waals surface area contributed by atoms with Crippen LogP contribution in [0.5, 0.6) is 0 Å². The fourth-order valence-electron chi connectivity index (χ4n) is 3.57. The number of nitrogens with one attached hydrogen (secondary N) is 1. The maximum atomic E-state index is 12.0. The molecule has 24 heavy (non-hydrogen) atoms. The lowest BCUT2D eigenvalue weighted by atomic mass is 9.91. The fraction of sp³-hybridized carbons (Fsp3) is 0.400. The van der Waals surface area contributed by atoms with E-state index in [9.17, 15) is 24.6 Å². The monoisotopic (exact) mass is 354 g/mol. The summed E-state index contributed by atoms with van der Waals surface area (Å²) in [5.74, 6) is -4.69. The van der Waals surface area contributed by atoms with Gasteiger partial charge in [-0.25, -0.2) is 4.79 Å². The molecule has 0 bridgehead atoms. The lowest BCUT2D eigenvalue weighted by Gasteiger charge is -2.24. The third-order valence-corrected chi connectivity index (χ3v) is 5.02. The number of rotatable bonds is 4. The summed E-state index contributed by atoms with van der Waals surface area (Å²) >= 11 is 5.93. The van der Waals surface area contributed by atoms with Crippen molar-refractivity contribution in [2.45, 2.75) is 18.1 Å². The molecule has 9 heteroatoms. The fourth-order valence-corrected chi connectivity index (χ4v) is 3.76. The summed E-state index contributed by atoms with van der Waals surface area (Å²) in [7, 11) is 0. The van der Waals surface area contributed by atoms with Gasteiger partial charge in [-0.1, -0.05) is 23.7 Å². The molecule has 3 rings (SSSR count). The molecular weight excluding hydrogens is 340 g/mol. The van der Waals surface area contributed by atoms with Crippen LogP contribution in [0.15, 0.2) is 24.3 Å². The van der Waals surface area contributed by atoms with E-state index in [0.29, 0.717) is 10.7 Å². The third kappa shape index (κ3) is 2.57. The molecule has 0 radical (unpaired) electrons. The normalized spacial score (nSPS) is 33.4. The van der Waals surface area contributed by atoms with Crippen molar-refractivity contribution >= 4 is 35.3 Å². The Balaban J connectivity index is 1.71. The Morgan fingerprint density at radius 3 is 2.54 bits per heavy atom. The Hall–Kier alpha value is -2.32. The number of nitrogens with two attached hydrogens (primary N) is 1. The van der Waals surface area contributed by atoms with Gasteiger partial charge >= 0.3 is 18.0 Å². The van der Waals surface area contributed by atoms with E-state index >= 15 is 0 Å². The number of carboxylic acid groups (broad SMARTS) is 2. The number of hydrogen-bond donors (Lipinski definition) is 4. The lowest BCUT2D eigenvalue weighted by Crippen LogP contribution is -2.51. The quantitative estimate of drug-likeness (QED) is 0.640. The topological polar surface area (TPSA) is 139 Å². The number of fused-ring (bicyclic) bond motifs is 1. The van der Waals surface area contributed by atoms with Gasteiger partial charge in [0.2, 0.25) is 0 Å². The van der Waals surface area contributed by atoms with Gasteiger partial charge in [0.15, 0.2) is 0 Å². The maximum absolute atomic E-state index is 12.0. The molecule has 0 aromatic heterocycles. The van der Waals surface area contributed by atoms with Gasteiger partial charge in [-0.15, -0.1) is 0 Å². The highest BCUT2D eigenvalue weighted by Crippen LogP contribution is 2.62. The second kappa shape index (κ2) is 5.64. The van der Waals surface area contributed by atoms with Gasteiger partial charge in [0.25, 0.3) is 0 Å². The minimum Gasteiger partial charge on any atom is -0.481 e. The molecule has 2 aliphatic carbocycles. The lowest BCUT2D eigenvalue weighted by molar-refractivity contribution is -0.146. The molecule has 5 atom stereocenters.